The summed E-state index contributed by atoms with van der Waals surface area (Å²) >= 11 is 0. The van der Waals surface area contributed by atoms with Crippen LogP contribution in [0.15, 0.2) is 48.5 Å². The van der Waals surface area contributed by atoms with E-state index >= 15 is 0 Å². The molecule has 116 valence electrons. The SMILES string of the molecule is Nc1c2c(nc3ccc(F)cc13)CCN(Cc1ccccc1)C2. The predicted octanol–water partition coefficient (Wildman–Crippen LogP) is 3.51. The Kier molecular flexibility index (Phi) is 3.46. The number of aromatic nitrogens is 1. The third kappa shape index (κ3) is 2.66. The van der Waals surface area contributed by atoms with Crippen molar-refractivity contribution in [1.29, 1.82) is 0 Å². The summed E-state index contributed by atoms with van der Waals surface area (Å²) in [6.45, 7) is 2.61. The summed E-state index contributed by atoms with van der Waals surface area (Å²) < 4.78 is 13.5. The van der Waals surface area contributed by atoms with Gasteiger partial charge in [0.15, 0.2) is 0 Å². The summed E-state index contributed by atoms with van der Waals surface area (Å²) in [5.41, 5.74) is 11.2. The molecule has 4 heteroatoms. The zero-order valence-corrected chi connectivity index (χ0v) is 12.8. The van der Waals surface area contributed by atoms with Crippen molar-refractivity contribution in [1.82, 2.24) is 9.88 Å². The highest BCUT2D eigenvalue weighted by molar-refractivity contribution is 5.92. The van der Waals surface area contributed by atoms with Crippen LogP contribution in [0, 0.1) is 5.82 Å². The van der Waals surface area contributed by atoms with Crippen molar-refractivity contribution in [3.63, 3.8) is 0 Å². The molecule has 23 heavy (non-hydrogen) atoms. The van der Waals surface area contributed by atoms with Gasteiger partial charge in [0, 0.05) is 48.4 Å². The van der Waals surface area contributed by atoms with Crippen molar-refractivity contribution < 1.29 is 4.39 Å². The third-order valence-corrected chi connectivity index (χ3v) is 4.47. The van der Waals surface area contributed by atoms with E-state index in [2.05, 4.69) is 34.1 Å². The fourth-order valence-electron chi connectivity index (χ4n) is 3.28. The second-order valence-corrected chi connectivity index (χ2v) is 6.06. The minimum Gasteiger partial charge on any atom is -0.398 e. The molecule has 0 fully saturated rings. The number of hydrogen-bond donors (Lipinski definition) is 1. The summed E-state index contributed by atoms with van der Waals surface area (Å²) in [6.07, 6.45) is 0.875. The summed E-state index contributed by atoms with van der Waals surface area (Å²) in [7, 11) is 0. The molecule has 2 N–H and O–H groups in total. The fraction of sp³-hybridized carbons (Fsp3) is 0.211. The highest BCUT2D eigenvalue weighted by atomic mass is 19.1. The first-order valence-corrected chi connectivity index (χ1v) is 7.83. The van der Waals surface area contributed by atoms with Gasteiger partial charge in [-0.15, -0.1) is 0 Å². The van der Waals surface area contributed by atoms with Gasteiger partial charge in [0.2, 0.25) is 0 Å². The van der Waals surface area contributed by atoms with Crippen LogP contribution in [0.2, 0.25) is 0 Å². The van der Waals surface area contributed by atoms with Crippen LogP contribution < -0.4 is 5.73 Å². The minimum absolute atomic E-state index is 0.275. The Morgan fingerprint density at radius 2 is 1.96 bits per heavy atom. The molecule has 3 aromatic rings. The Hall–Kier alpha value is -2.46. The number of nitrogen functional groups attached to an aromatic ring is 1. The molecule has 0 bridgehead atoms. The maximum atomic E-state index is 13.5. The molecular weight excluding hydrogens is 289 g/mol. The molecule has 0 amide bonds. The molecule has 0 saturated carbocycles. The van der Waals surface area contributed by atoms with Crippen molar-refractivity contribution >= 4 is 16.6 Å². The van der Waals surface area contributed by atoms with E-state index in [-0.39, 0.29) is 5.82 Å². The van der Waals surface area contributed by atoms with Crippen LogP contribution in [0.3, 0.4) is 0 Å². The van der Waals surface area contributed by atoms with Crippen molar-refractivity contribution in [3.8, 4) is 0 Å². The third-order valence-electron chi connectivity index (χ3n) is 4.47. The average molecular weight is 307 g/mol. The molecule has 0 saturated heterocycles. The molecule has 0 spiro atoms. The van der Waals surface area contributed by atoms with Gasteiger partial charge in [-0.3, -0.25) is 9.88 Å². The normalized spacial score (nSPS) is 14.8. The Balaban J connectivity index is 1.68. The van der Waals surface area contributed by atoms with E-state index in [0.717, 1.165) is 42.8 Å². The number of nitrogens with zero attached hydrogens (tertiary/aromatic N) is 2. The van der Waals surface area contributed by atoms with E-state index in [0.29, 0.717) is 11.1 Å². The van der Waals surface area contributed by atoms with Crippen LogP contribution in [0.5, 0.6) is 0 Å². The highest BCUT2D eigenvalue weighted by Crippen LogP contribution is 2.30. The molecule has 0 radical (unpaired) electrons. The van der Waals surface area contributed by atoms with Crippen LogP contribution >= 0.6 is 0 Å². The minimum atomic E-state index is -0.275. The first-order valence-electron chi connectivity index (χ1n) is 7.83. The van der Waals surface area contributed by atoms with E-state index in [9.17, 15) is 4.39 Å². The summed E-state index contributed by atoms with van der Waals surface area (Å²) in [5.74, 6) is -0.275. The Morgan fingerprint density at radius 3 is 2.78 bits per heavy atom. The molecule has 1 aliphatic heterocycles. The quantitative estimate of drug-likeness (QED) is 0.788. The second kappa shape index (κ2) is 5.63. The largest absolute Gasteiger partial charge is 0.398 e. The fourth-order valence-corrected chi connectivity index (χ4v) is 3.28. The molecule has 0 aliphatic carbocycles. The van der Waals surface area contributed by atoms with Crippen molar-refractivity contribution in [3.05, 3.63) is 71.2 Å². The average Bonchev–Trinajstić information content (AvgIpc) is 2.57. The number of benzene rings is 2. The lowest BCUT2D eigenvalue weighted by atomic mass is 10.00. The Morgan fingerprint density at radius 1 is 1.13 bits per heavy atom. The van der Waals surface area contributed by atoms with Gasteiger partial charge in [-0.05, 0) is 23.8 Å². The first kappa shape index (κ1) is 14.2. The topological polar surface area (TPSA) is 42.1 Å². The standard InChI is InChI=1S/C19H18FN3/c20-14-6-7-17-15(10-14)19(21)16-12-23(9-8-18(16)22-17)11-13-4-2-1-3-5-13/h1-7,10H,8-9,11-12H2,(H2,21,22). The Bertz CT molecular complexity index is 861. The number of halogens is 1. The van der Waals surface area contributed by atoms with E-state index < -0.39 is 0 Å². The number of rotatable bonds is 2. The molecule has 2 heterocycles. The number of nitrogens with two attached hydrogens (primary N) is 1. The smallest absolute Gasteiger partial charge is 0.124 e. The highest BCUT2D eigenvalue weighted by Gasteiger charge is 2.21. The van der Waals surface area contributed by atoms with E-state index in [1.54, 1.807) is 6.07 Å². The van der Waals surface area contributed by atoms with Gasteiger partial charge in [0.05, 0.1) is 5.52 Å². The van der Waals surface area contributed by atoms with Crippen LogP contribution in [0.4, 0.5) is 10.1 Å². The van der Waals surface area contributed by atoms with Gasteiger partial charge < -0.3 is 5.73 Å². The van der Waals surface area contributed by atoms with E-state index in [1.165, 1.54) is 17.7 Å². The van der Waals surface area contributed by atoms with Gasteiger partial charge in [-0.25, -0.2) is 4.39 Å². The van der Waals surface area contributed by atoms with Crippen molar-refractivity contribution in [2.24, 2.45) is 0 Å². The van der Waals surface area contributed by atoms with Crippen molar-refractivity contribution in [2.45, 2.75) is 19.5 Å². The molecule has 4 rings (SSSR count). The maximum absolute atomic E-state index is 13.5. The number of pyridine rings is 1. The summed E-state index contributed by atoms with van der Waals surface area (Å²) in [5, 5.41) is 0.713. The van der Waals surface area contributed by atoms with Crippen LogP contribution in [0.25, 0.3) is 10.9 Å². The Labute approximate surface area is 134 Å². The lowest BCUT2D eigenvalue weighted by Gasteiger charge is -2.29. The van der Waals surface area contributed by atoms with Crippen molar-refractivity contribution in [2.75, 3.05) is 12.3 Å². The lowest BCUT2D eigenvalue weighted by Crippen LogP contribution is -2.31. The van der Waals surface area contributed by atoms with Gasteiger partial charge >= 0.3 is 0 Å². The maximum Gasteiger partial charge on any atom is 0.124 e. The molecule has 1 aliphatic rings. The zero-order chi connectivity index (χ0) is 15.8. The summed E-state index contributed by atoms with van der Waals surface area (Å²) in [6, 6.07) is 15.0. The molecule has 0 unspecified atom stereocenters. The molecule has 2 aromatic carbocycles. The molecule has 3 nitrogen and oxygen atoms in total. The van der Waals surface area contributed by atoms with Gasteiger partial charge in [-0.1, -0.05) is 30.3 Å². The van der Waals surface area contributed by atoms with E-state index in [4.69, 9.17) is 5.73 Å². The first-order chi connectivity index (χ1) is 11.2. The number of hydrogen-bond acceptors (Lipinski definition) is 3. The van der Waals surface area contributed by atoms with Gasteiger partial charge in [0.25, 0.3) is 0 Å². The lowest BCUT2D eigenvalue weighted by molar-refractivity contribution is 0.244. The number of anilines is 1. The predicted molar refractivity (Wildman–Crippen MR) is 90.4 cm³/mol. The van der Waals surface area contributed by atoms with Crippen LogP contribution in [-0.4, -0.2) is 16.4 Å². The molecule has 0 atom stereocenters. The molecular formula is C19H18FN3. The van der Waals surface area contributed by atoms with Gasteiger partial charge in [-0.2, -0.15) is 0 Å². The van der Waals surface area contributed by atoms with E-state index in [1.807, 2.05) is 6.07 Å². The second-order valence-electron chi connectivity index (χ2n) is 6.06. The number of fused-ring (bicyclic) bond motifs is 2. The molecule has 1 aromatic heterocycles. The van der Waals surface area contributed by atoms with Gasteiger partial charge in [0.1, 0.15) is 5.82 Å². The van der Waals surface area contributed by atoms with Crippen LogP contribution in [0.1, 0.15) is 16.8 Å². The summed E-state index contributed by atoms with van der Waals surface area (Å²) in [4.78, 5) is 7.05. The van der Waals surface area contributed by atoms with Crippen LogP contribution in [-0.2, 0) is 19.5 Å². The monoisotopic (exact) mass is 307 g/mol. The zero-order valence-electron chi connectivity index (χ0n) is 12.8.